The second-order valence-electron chi connectivity index (χ2n) is 8.51. The van der Waals surface area contributed by atoms with Gasteiger partial charge in [0.05, 0.1) is 11.6 Å². The van der Waals surface area contributed by atoms with E-state index in [1.807, 2.05) is 15.5 Å². The maximum absolute atomic E-state index is 13.2. The number of hydrogen-bond donors (Lipinski definition) is 0. The van der Waals surface area contributed by atoms with Gasteiger partial charge in [-0.05, 0) is 66.6 Å². The van der Waals surface area contributed by atoms with E-state index in [1.165, 1.54) is 4.90 Å². The van der Waals surface area contributed by atoms with E-state index in [1.54, 1.807) is 42.1 Å². The number of amides is 1. The molecule has 5 nitrogen and oxygen atoms in total. The molecule has 0 spiro atoms. The first-order valence-corrected chi connectivity index (χ1v) is 12.0. The highest BCUT2D eigenvalue weighted by molar-refractivity contribution is 7.98. The van der Waals surface area contributed by atoms with Crippen molar-refractivity contribution in [2.24, 2.45) is 5.92 Å². The van der Waals surface area contributed by atoms with Crippen molar-refractivity contribution in [3.8, 4) is 17.2 Å². The number of thioether (sulfide) groups is 1. The Kier molecular flexibility index (Phi) is 5.36. The predicted molar refractivity (Wildman–Crippen MR) is 126 cm³/mol. The van der Waals surface area contributed by atoms with Crippen LogP contribution in [0, 0.1) is 17.2 Å². The second-order valence-corrected chi connectivity index (χ2v) is 9.39. The number of likely N-dealkylation sites (tertiary alicyclic amines) is 1. The van der Waals surface area contributed by atoms with Crippen LogP contribution in [0.3, 0.4) is 0 Å². The molecule has 1 aromatic heterocycles. The standard InChI is InChI=1S/C26H23N3O2S/c1-32-22-8-6-19(7-9-22)23-10-11-24(30)29-15-18-12-21(25(23)29)16-28(14-18)26(31)20-4-2-17(13-27)3-5-20/h2-11,18,21H,12,14-16H2,1H3/t18-,21+/m0/s1. The summed E-state index contributed by atoms with van der Waals surface area (Å²) in [4.78, 5) is 29.1. The zero-order valence-corrected chi connectivity index (χ0v) is 18.6. The van der Waals surface area contributed by atoms with Gasteiger partial charge >= 0.3 is 0 Å². The van der Waals surface area contributed by atoms with Gasteiger partial charge in [-0.15, -0.1) is 11.8 Å². The van der Waals surface area contributed by atoms with Gasteiger partial charge in [0.2, 0.25) is 0 Å². The number of carbonyl (C=O) groups is 1. The molecule has 2 atom stereocenters. The van der Waals surface area contributed by atoms with Gasteiger partial charge < -0.3 is 9.47 Å². The van der Waals surface area contributed by atoms with Crippen LogP contribution in [0.25, 0.3) is 11.1 Å². The van der Waals surface area contributed by atoms with Crippen LogP contribution >= 0.6 is 11.8 Å². The van der Waals surface area contributed by atoms with E-state index in [0.29, 0.717) is 30.8 Å². The van der Waals surface area contributed by atoms with E-state index in [0.717, 1.165) is 23.2 Å². The van der Waals surface area contributed by atoms with Crippen LogP contribution < -0.4 is 5.56 Å². The summed E-state index contributed by atoms with van der Waals surface area (Å²) in [7, 11) is 0. The third-order valence-electron chi connectivity index (χ3n) is 6.54. The summed E-state index contributed by atoms with van der Waals surface area (Å²) >= 11 is 1.70. The monoisotopic (exact) mass is 441 g/mol. The van der Waals surface area contributed by atoms with E-state index in [9.17, 15) is 9.59 Å². The number of rotatable bonds is 3. The molecule has 1 saturated heterocycles. The lowest BCUT2D eigenvalue weighted by atomic mass is 9.80. The van der Waals surface area contributed by atoms with Crippen molar-refractivity contribution < 1.29 is 4.79 Å². The van der Waals surface area contributed by atoms with Crippen LogP contribution in [0.1, 0.15) is 34.0 Å². The number of nitrogens with zero attached hydrogens (tertiary/aromatic N) is 3. The Hall–Kier alpha value is -3.30. The Morgan fingerprint density at radius 3 is 2.44 bits per heavy atom. The minimum absolute atomic E-state index is 0.0122. The maximum Gasteiger partial charge on any atom is 0.253 e. The fraction of sp³-hybridized carbons (Fsp3) is 0.269. The highest BCUT2D eigenvalue weighted by Crippen LogP contribution is 2.40. The third kappa shape index (κ3) is 3.63. The van der Waals surface area contributed by atoms with Gasteiger partial charge in [0.1, 0.15) is 0 Å². The predicted octanol–water partition coefficient (Wildman–Crippen LogP) is 4.37. The number of hydrogen-bond acceptors (Lipinski definition) is 4. The van der Waals surface area contributed by atoms with Crippen LogP contribution in [0.4, 0.5) is 0 Å². The minimum atomic E-state index is -0.0122. The lowest BCUT2D eigenvalue weighted by molar-refractivity contribution is 0.0595. The molecule has 6 heteroatoms. The van der Waals surface area contributed by atoms with Crippen molar-refractivity contribution in [1.29, 1.82) is 5.26 Å². The number of pyridine rings is 1. The second kappa shape index (κ2) is 8.33. The highest BCUT2D eigenvalue weighted by Gasteiger charge is 2.38. The molecule has 32 heavy (non-hydrogen) atoms. The molecule has 5 rings (SSSR count). The third-order valence-corrected chi connectivity index (χ3v) is 7.28. The average molecular weight is 442 g/mol. The molecular weight excluding hydrogens is 418 g/mol. The van der Waals surface area contributed by atoms with E-state index < -0.39 is 0 Å². The molecule has 3 aromatic rings. The van der Waals surface area contributed by atoms with Crippen molar-refractivity contribution in [3.63, 3.8) is 0 Å². The molecule has 1 amide bonds. The lowest BCUT2D eigenvalue weighted by Crippen LogP contribution is -2.49. The molecule has 1 fully saturated rings. The normalized spacial score (nSPS) is 19.2. The summed E-state index contributed by atoms with van der Waals surface area (Å²) < 4.78 is 1.93. The van der Waals surface area contributed by atoms with Gasteiger partial charge in [-0.1, -0.05) is 12.1 Å². The molecule has 2 aliphatic heterocycles. The Morgan fingerprint density at radius 1 is 1.00 bits per heavy atom. The van der Waals surface area contributed by atoms with Crippen LogP contribution in [0.5, 0.6) is 0 Å². The largest absolute Gasteiger partial charge is 0.338 e. The van der Waals surface area contributed by atoms with E-state index in [2.05, 4.69) is 36.6 Å². The zero-order valence-electron chi connectivity index (χ0n) is 17.8. The number of carbonyl (C=O) groups excluding carboxylic acids is 1. The zero-order chi connectivity index (χ0) is 22.2. The van der Waals surface area contributed by atoms with E-state index >= 15 is 0 Å². The van der Waals surface area contributed by atoms with Gasteiger partial charge in [0, 0.05) is 53.3 Å². The smallest absolute Gasteiger partial charge is 0.253 e. The molecule has 0 N–H and O–H groups in total. The summed E-state index contributed by atoms with van der Waals surface area (Å²) in [5, 5.41) is 9.01. The summed E-state index contributed by atoms with van der Waals surface area (Å²) in [6.07, 6.45) is 3.04. The first-order valence-electron chi connectivity index (χ1n) is 10.7. The van der Waals surface area contributed by atoms with Crippen LogP contribution in [-0.4, -0.2) is 34.7 Å². The van der Waals surface area contributed by atoms with Crippen molar-refractivity contribution >= 4 is 17.7 Å². The summed E-state index contributed by atoms with van der Waals surface area (Å²) in [5.74, 6) is 0.367. The molecule has 0 radical (unpaired) electrons. The Bertz CT molecular complexity index is 1270. The molecule has 3 heterocycles. The van der Waals surface area contributed by atoms with Gasteiger partial charge in [-0.3, -0.25) is 9.59 Å². The Labute approximate surface area is 191 Å². The lowest BCUT2D eigenvalue weighted by Gasteiger charge is -2.43. The average Bonchev–Trinajstić information content (AvgIpc) is 2.84. The molecule has 0 aliphatic carbocycles. The number of nitriles is 1. The number of benzene rings is 2. The summed E-state index contributed by atoms with van der Waals surface area (Å²) in [5.41, 5.74) is 4.40. The molecule has 2 aliphatic rings. The Balaban J connectivity index is 1.50. The number of fused-ring (bicyclic) bond motifs is 4. The number of piperidine rings is 1. The topological polar surface area (TPSA) is 66.1 Å². The summed E-state index contributed by atoms with van der Waals surface area (Å²) in [6, 6.07) is 20.9. The van der Waals surface area contributed by atoms with E-state index in [4.69, 9.17) is 5.26 Å². The van der Waals surface area contributed by atoms with Gasteiger partial charge in [-0.2, -0.15) is 5.26 Å². The van der Waals surface area contributed by atoms with Crippen LogP contribution in [-0.2, 0) is 6.54 Å². The molecule has 2 aromatic carbocycles. The molecule has 2 bridgehead atoms. The van der Waals surface area contributed by atoms with Crippen LogP contribution in [0.15, 0.2) is 70.4 Å². The van der Waals surface area contributed by atoms with Crippen molar-refractivity contribution in [1.82, 2.24) is 9.47 Å². The Morgan fingerprint density at radius 2 is 1.75 bits per heavy atom. The maximum atomic E-state index is 13.2. The highest BCUT2D eigenvalue weighted by atomic mass is 32.2. The summed E-state index contributed by atoms with van der Waals surface area (Å²) in [6.45, 7) is 1.88. The van der Waals surface area contributed by atoms with Gasteiger partial charge in [0.15, 0.2) is 0 Å². The van der Waals surface area contributed by atoms with Gasteiger partial charge in [-0.25, -0.2) is 0 Å². The fourth-order valence-electron chi connectivity index (χ4n) is 5.07. The fourth-order valence-corrected chi connectivity index (χ4v) is 5.47. The van der Waals surface area contributed by atoms with Crippen molar-refractivity contribution in [2.45, 2.75) is 23.8 Å². The first kappa shape index (κ1) is 20.6. The van der Waals surface area contributed by atoms with E-state index in [-0.39, 0.29) is 23.3 Å². The van der Waals surface area contributed by atoms with Gasteiger partial charge in [0.25, 0.3) is 11.5 Å². The van der Waals surface area contributed by atoms with Crippen molar-refractivity contribution in [3.05, 3.63) is 87.8 Å². The van der Waals surface area contributed by atoms with Crippen LogP contribution in [0.2, 0.25) is 0 Å². The number of aromatic nitrogens is 1. The molecular formula is C26H23N3O2S. The molecule has 0 unspecified atom stereocenters. The molecule has 160 valence electrons. The SMILES string of the molecule is CSc1ccc(-c2ccc(=O)n3c2[C@@H]2C[C@@H](CN(C(=O)c4ccc(C#N)cc4)C2)C3)cc1. The minimum Gasteiger partial charge on any atom is -0.338 e. The first-order chi connectivity index (χ1) is 15.6. The molecule has 0 saturated carbocycles. The quantitative estimate of drug-likeness (QED) is 0.566. The van der Waals surface area contributed by atoms with Crippen molar-refractivity contribution in [2.75, 3.05) is 19.3 Å².